The summed E-state index contributed by atoms with van der Waals surface area (Å²) in [6.07, 6.45) is 0. The van der Waals surface area contributed by atoms with Crippen LogP contribution in [0.3, 0.4) is 0 Å². The smallest absolute Gasteiger partial charge is 0.319 e. The van der Waals surface area contributed by atoms with Gasteiger partial charge >= 0.3 is 6.03 Å². The summed E-state index contributed by atoms with van der Waals surface area (Å²) in [7, 11) is 0. The second-order valence-electron chi connectivity index (χ2n) is 4.61. The molecule has 0 unspecified atom stereocenters. The number of aryl methyl sites for hydroxylation is 1. The molecule has 0 spiro atoms. The van der Waals surface area contributed by atoms with Gasteiger partial charge in [-0.1, -0.05) is 48.2 Å². The minimum atomic E-state index is -2.53. The van der Waals surface area contributed by atoms with Crippen molar-refractivity contribution in [3.8, 4) is 0 Å². The van der Waals surface area contributed by atoms with Crippen LogP contribution in [0, 0.1) is 6.92 Å². The summed E-state index contributed by atoms with van der Waals surface area (Å²) in [6.45, 7) is 2.34. The summed E-state index contributed by atoms with van der Waals surface area (Å²) >= 11 is 0.408. The lowest BCUT2D eigenvalue weighted by atomic mass is 10.1. The Hall–Kier alpha value is -2.08. The number of hydrogen-bond donors (Lipinski definition) is 2. The Morgan fingerprint density at radius 2 is 1.82 bits per heavy atom. The van der Waals surface area contributed by atoms with Gasteiger partial charge in [0.25, 0.3) is 5.76 Å². The molecule has 2 amide bonds. The zero-order valence-corrected chi connectivity index (χ0v) is 12.8. The van der Waals surface area contributed by atoms with Gasteiger partial charge in [-0.3, -0.25) is 0 Å². The highest BCUT2D eigenvalue weighted by molar-refractivity contribution is 7.99. The molecular formula is C16H16F2N2OS. The van der Waals surface area contributed by atoms with Gasteiger partial charge in [-0.15, -0.1) is 0 Å². The number of alkyl halides is 2. The minimum absolute atomic E-state index is 0.337. The first-order valence-corrected chi connectivity index (χ1v) is 7.57. The maximum absolute atomic E-state index is 12.5. The first-order valence-electron chi connectivity index (χ1n) is 6.69. The van der Waals surface area contributed by atoms with E-state index in [1.165, 1.54) is 0 Å². The van der Waals surface area contributed by atoms with Crippen LogP contribution in [0.4, 0.5) is 19.3 Å². The lowest BCUT2D eigenvalue weighted by molar-refractivity contribution is 0.250. The van der Waals surface area contributed by atoms with Gasteiger partial charge in [-0.2, -0.15) is 8.78 Å². The number of carbonyl (C=O) groups excluding carboxylic acids is 1. The van der Waals surface area contributed by atoms with Crippen LogP contribution in [0.25, 0.3) is 0 Å². The van der Waals surface area contributed by atoms with Gasteiger partial charge in [0.1, 0.15) is 0 Å². The van der Waals surface area contributed by atoms with Crippen LogP contribution < -0.4 is 10.6 Å². The van der Waals surface area contributed by atoms with Gasteiger partial charge in [0.2, 0.25) is 0 Å². The number of thioether (sulfide) groups is 1. The van der Waals surface area contributed by atoms with Gasteiger partial charge in [-0.05, 0) is 30.2 Å². The zero-order valence-electron chi connectivity index (χ0n) is 12.0. The van der Waals surface area contributed by atoms with Crippen LogP contribution in [-0.2, 0) is 6.54 Å². The van der Waals surface area contributed by atoms with E-state index in [2.05, 4.69) is 10.6 Å². The Kier molecular flexibility index (Phi) is 5.77. The Balaban J connectivity index is 1.96. The molecule has 2 rings (SSSR count). The van der Waals surface area contributed by atoms with E-state index in [1.54, 1.807) is 24.3 Å². The number of rotatable bonds is 5. The Morgan fingerprint density at radius 1 is 1.14 bits per heavy atom. The molecule has 2 aromatic rings. The Labute approximate surface area is 132 Å². The number of carbonyl (C=O) groups is 1. The number of halogens is 2. The molecule has 0 aliphatic carbocycles. The van der Waals surface area contributed by atoms with E-state index in [0.717, 1.165) is 11.1 Å². The van der Waals surface area contributed by atoms with Crippen LogP contribution in [0.15, 0.2) is 53.4 Å². The average molecular weight is 322 g/mol. The van der Waals surface area contributed by atoms with Gasteiger partial charge < -0.3 is 10.6 Å². The highest BCUT2D eigenvalue weighted by Gasteiger charge is 2.11. The van der Waals surface area contributed by atoms with E-state index >= 15 is 0 Å². The number of nitrogens with one attached hydrogen (secondary N) is 2. The largest absolute Gasteiger partial charge is 0.334 e. The predicted molar refractivity (Wildman–Crippen MR) is 85.3 cm³/mol. The van der Waals surface area contributed by atoms with Crippen LogP contribution in [0.1, 0.15) is 11.1 Å². The summed E-state index contributed by atoms with van der Waals surface area (Å²) in [5, 5.41) is 5.32. The Bertz CT molecular complexity index is 650. The van der Waals surface area contributed by atoms with Crippen molar-refractivity contribution in [2.24, 2.45) is 0 Å². The van der Waals surface area contributed by atoms with E-state index in [9.17, 15) is 13.6 Å². The molecule has 0 aromatic heterocycles. The molecule has 0 heterocycles. The van der Waals surface area contributed by atoms with Gasteiger partial charge in [-0.25, -0.2) is 4.79 Å². The van der Waals surface area contributed by atoms with Gasteiger partial charge in [0.05, 0.1) is 5.69 Å². The van der Waals surface area contributed by atoms with Gasteiger partial charge in [0.15, 0.2) is 0 Å². The second-order valence-corrected chi connectivity index (χ2v) is 5.64. The number of anilines is 1. The highest BCUT2D eigenvalue weighted by Crippen LogP contribution is 2.31. The second kappa shape index (κ2) is 7.79. The van der Waals surface area contributed by atoms with Crippen molar-refractivity contribution in [1.29, 1.82) is 0 Å². The van der Waals surface area contributed by atoms with Crippen molar-refractivity contribution in [3.63, 3.8) is 0 Å². The fourth-order valence-corrected chi connectivity index (χ4v) is 2.51. The minimum Gasteiger partial charge on any atom is -0.334 e. The molecule has 2 aromatic carbocycles. The number of amides is 2. The fourth-order valence-electron chi connectivity index (χ4n) is 1.92. The number of urea groups is 1. The quantitative estimate of drug-likeness (QED) is 0.788. The third-order valence-electron chi connectivity index (χ3n) is 3.05. The van der Waals surface area contributed by atoms with E-state index in [0.29, 0.717) is 28.9 Å². The third-order valence-corrected chi connectivity index (χ3v) is 3.84. The highest BCUT2D eigenvalue weighted by atomic mass is 32.2. The van der Waals surface area contributed by atoms with Crippen molar-refractivity contribution >= 4 is 23.5 Å². The molecular weight excluding hydrogens is 306 g/mol. The van der Waals surface area contributed by atoms with Crippen LogP contribution in [0.2, 0.25) is 0 Å². The van der Waals surface area contributed by atoms with E-state index in [-0.39, 0.29) is 0 Å². The predicted octanol–water partition coefficient (Wildman–Crippen LogP) is 4.63. The normalized spacial score (nSPS) is 10.5. The maximum Gasteiger partial charge on any atom is 0.319 e. The molecule has 22 heavy (non-hydrogen) atoms. The van der Waals surface area contributed by atoms with Crippen LogP contribution >= 0.6 is 11.8 Å². The first-order chi connectivity index (χ1) is 10.6. The molecule has 2 N–H and O–H groups in total. The molecule has 116 valence electrons. The summed E-state index contributed by atoms with van der Waals surface area (Å²) in [4.78, 5) is 12.3. The van der Waals surface area contributed by atoms with E-state index in [1.807, 2.05) is 31.2 Å². The molecule has 0 aliphatic heterocycles. The summed E-state index contributed by atoms with van der Waals surface area (Å²) in [5.74, 6) is -2.53. The molecule has 0 saturated heterocycles. The fraction of sp³-hybridized carbons (Fsp3) is 0.188. The lowest BCUT2D eigenvalue weighted by Crippen LogP contribution is -2.28. The average Bonchev–Trinajstić information content (AvgIpc) is 2.48. The van der Waals surface area contributed by atoms with E-state index < -0.39 is 11.8 Å². The molecule has 0 atom stereocenters. The number of benzene rings is 2. The molecule has 0 aliphatic rings. The molecule has 0 radical (unpaired) electrons. The molecule has 0 saturated carbocycles. The van der Waals surface area contributed by atoms with Crippen molar-refractivity contribution in [1.82, 2.24) is 5.32 Å². The third kappa shape index (κ3) is 4.73. The molecule has 6 heteroatoms. The van der Waals surface area contributed by atoms with Crippen molar-refractivity contribution < 1.29 is 13.6 Å². The first kappa shape index (κ1) is 16.3. The van der Waals surface area contributed by atoms with Crippen LogP contribution in [0.5, 0.6) is 0 Å². The SMILES string of the molecule is Cc1ccccc1CNC(=O)Nc1ccccc1SC(F)F. The van der Waals surface area contributed by atoms with Crippen LogP contribution in [-0.4, -0.2) is 11.8 Å². The van der Waals surface area contributed by atoms with Crippen molar-refractivity contribution in [2.75, 3.05) is 5.32 Å². The standard InChI is InChI=1S/C16H16F2N2OS/c1-11-6-2-3-7-12(11)10-19-16(21)20-13-8-4-5-9-14(13)22-15(17)18/h2-9,15H,10H2,1H3,(H2,19,20,21). The zero-order chi connectivity index (χ0) is 15.9. The summed E-state index contributed by atoms with van der Waals surface area (Å²) in [6, 6.07) is 13.8. The number of hydrogen-bond acceptors (Lipinski definition) is 2. The molecule has 3 nitrogen and oxygen atoms in total. The summed E-state index contributed by atoms with van der Waals surface area (Å²) < 4.78 is 25.0. The lowest BCUT2D eigenvalue weighted by Gasteiger charge is -2.12. The van der Waals surface area contributed by atoms with E-state index in [4.69, 9.17) is 0 Å². The van der Waals surface area contributed by atoms with Crippen molar-refractivity contribution in [3.05, 3.63) is 59.7 Å². The maximum atomic E-state index is 12.5. The molecule has 0 bridgehead atoms. The summed E-state index contributed by atoms with van der Waals surface area (Å²) in [5.41, 5.74) is 2.46. The monoisotopic (exact) mass is 322 g/mol. The number of para-hydroxylation sites is 1. The van der Waals surface area contributed by atoms with Gasteiger partial charge in [0, 0.05) is 11.4 Å². The van der Waals surface area contributed by atoms with Crippen molar-refractivity contribution in [2.45, 2.75) is 24.1 Å². The molecule has 0 fully saturated rings. The Morgan fingerprint density at radius 3 is 2.55 bits per heavy atom. The topological polar surface area (TPSA) is 41.1 Å².